The number of aliphatic hydroxyl groups is 1. The van der Waals surface area contributed by atoms with E-state index >= 15 is 0 Å². The Bertz CT molecular complexity index is 625. The van der Waals surface area contributed by atoms with Gasteiger partial charge >= 0.3 is 0 Å². The summed E-state index contributed by atoms with van der Waals surface area (Å²) >= 11 is 0. The molecule has 5 nitrogen and oxygen atoms in total. The molecule has 0 saturated carbocycles. The van der Waals surface area contributed by atoms with Crippen molar-refractivity contribution in [1.29, 1.82) is 0 Å². The second kappa shape index (κ2) is 7.92. The minimum atomic E-state index is -0.321. The molecule has 1 aliphatic rings. The third-order valence-corrected chi connectivity index (χ3v) is 4.59. The lowest BCUT2D eigenvalue weighted by Crippen LogP contribution is -2.33. The fraction of sp³-hybridized carbons (Fsp3) is 0.526. The Balaban J connectivity index is 1.61. The molecule has 2 aromatic rings. The largest absolute Gasteiger partial charge is 0.390 e. The van der Waals surface area contributed by atoms with Crippen molar-refractivity contribution in [1.82, 2.24) is 19.4 Å². The molecule has 24 heavy (non-hydrogen) atoms. The SMILES string of the molecule is CC(C)n1ccnc1CN1CCN(Cc2ccccc2)C[C@H](O)C1. The summed E-state index contributed by atoms with van der Waals surface area (Å²) < 4.78 is 2.21. The first-order valence-corrected chi connectivity index (χ1v) is 8.80. The van der Waals surface area contributed by atoms with E-state index in [1.165, 1.54) is 5.56 Å². The molecule has 5 heteroatoms. The van der Waals surface area contributed by atoms with Gasteiger partial charge in [-0.25, -0.2) is 4.98 Å². The molecule has 1 aromatic heterocycles. The quantitative estimate of drug-likeness (QED) is 0.913. The monoisotopic (exact) mass is 328 g/mol. The summed E-state index contributed by atoms with van der Waals surface area (Å²) in [5, 5.41) is 10.4. The van der Waals surface area contributed by atoms with Gasteiger partial charge in [0.1, 0.15) is 5.82 Å². The average molecular weight is 328 g/mol. The number of imidazole rings is 1. The number of β-amino-alcohol motifs (C(OH)–C–C–N with tert-alkyl or cyclic N) is 1. The molecule has 1 atom stereocenters. The van der Waals surface area contributed by atoms with Gasteiger partial charge in [-0.1, -0.05) is 30.3 Å². The Morgan fingerprint density at radius 1 is 1.08 bits per heavy atom. The predicted molar refractivity (Wildman–Crippen MR) is 95.6 cm³/mol. The lowest BCUT2D eigenvalue weighted by atomic mass is 10.2. The third-order valence-electron chi connectivity index (χ3n) is 4.59. The molecule has 0 spiro atoms. The van der Waals surface area contributed by atoms with Crippen LogP contribution in [-0.2, 0) is 13.1 Å². The average Bonchev–Trinajstić information content (AvgIpc) is 2.94. The topological polar surface area (TPSA) is 44.5 Å². The summed E-state index contributed by atoms with van der Waals surface area (Å²) in [7, 11) is 0. The summed E-state index contributed by atoms with van der Waals surface area (Å²) in [6.45, 7) is 9.38. The zero-order valence-corrected chi connectivity index (χ0v) is 14.7. The van der Waals surface area contributed by atoms with Crippen molar-refractivity contribution in [2.24, 2.45) is 0 Å². The molecule has 0 aliphatic carbocycles. The van der Waals surface area contributed by atoms with Crippen molar-refractivity contribution in [3.8, 4) is 0 Å². The molecule has 1 fully saturated rings. The van der Waals surface area contributed by atoms with E-state index in [4.69, 9.17) is 0 Å². The van der Waals surface area contributed by atoms with Crippen molar-refractivity contribution < 1.29 is 5.11 Å². The number of hydrogen-bond acceptors (Lipinski definition) is 4. The number of nitrogens with zero attached hydrogens (tertiary/aromatic N) is 4. The van der Waals surface area contributed by atoms with Crippen molar-refractivity contribution in [2.75, 3.05) is 26.2 Å². The zero-order chi connectivity index (χ0) is 16.9. The maximum Gasteiger partial charge on any atom is 0.123 e. The zero-order valence-electron chi connectivity index (χ0n) is 14.7. The van der Waals surface area contributed by atoms with E-state index in [2.05, 4.69) is 57.5 Å². The minimum Gasteiger partial charge on any atom is -0.390 e. The van der Waals surface area contributed by atoms with Crippen LogP contribution in [0.2, 0.25) is 0 Å². The Hall–Kier alpha value is -1.69. The van der Waals surface area contributed by atoms with Crippen molar-refractivity contribution in [3.05, 3.63) is 54.1 Å². The highest BCUT2D eigenvalue weighted by Gasteiger charge is 2.22. The Kier molecular flexibility index (Phi) is 5.66. The first-order valence-electron chi connectivity index (χ1n) is 8.80. The first-order chi connectivity index (χ1) is 11.6. The van der Waals surface area contributed by atoms with Crippen LogP contribution in [0, 0.1) is 0 Å². The van der Waals surface area contributed by atoms with E-state index in [1.807, 2.05) is 18.5 Å². The summed E-state index contributed by atoms with van der Waals surface area (Å²) in [4.78, 5) is 9.16. The lowest BCUT2D eigenvalue weighted by molar-refractivity contribution is 0.105. The molecular weight excluding hydrogens is 300 g/mol. The maximum atomic E-state index is 10.4. The number of benzene rings is 1. The van der Waals surface area contributed by atoms with E-state index in [0.29, 0.717) is 12.6 Å². The van der Waals surface area contributed by atoms with Crippen LogP contribution in [0.4, 0.5) is 0 Å². The number of hydrogen-bond donors (Lipinski definition) is 1. The van der Waals surface area contributed by atoms with Crippen molar-refractivity contribution >= 4 is 0 Å². The van der Waals surface area contributed by atoms with Gasteiger partial charge in [-0.15, -0.1) is 0 Å². The molecule has 0 bridgehead atoms. The van der Waals surface area contributed by atoms with Gasteiger partial charge in [-0.2, -0.15) is 0 Å². The summed E-state index contributed by atoms with van der Waals surface area (Å²) in [5.74, 6) is 1.08. The van der Waals surface area contributed by atoms with Gasteiger partial charge in [0.25, 0.3) is 0 Å². The van der Waals surface area contributed by atoms with Gasteiger partial charge in [0.15, 0.2) is 0 Å². The molecule has 0 unspecified atom stereocenters. The van der Waals surface area contributed by atoms with E-state index in [9.17, 15) is 5.11 Å². The van der Waals surface area contributed by atoms with Crippen LogP contribution in [0.15, 0.2) is 42.7 Å². The lowest BCUT2D eigenvalue weighted by Gasteiger charge is -2.22. The number of aromatic nitrogens is 2. The second-order valence-electron chi connectivity index (χ2n) is 6.95. The standard InChI is InChI=1S/C19H28N4O/c1-16(2)23-9-8-20-19(23)15-22-11-10-21(13-18(24)14-22)12-17-6-4-3-5-7-17/h3-9,16,18,24H,10-15H2,1-2H3/t18-/m0/s1. The molecule has 0 amide bonds. The normalized spacial score (nSPS) is 20.4. The van der Waals surface area contributed by atoms with E-state index in [0.717, 1.165) is 38.5 Å². The maximum absolute atomic E-state index is 10.4. The summed E-state index contributed by atoms with van der Waals surface area (Å²) in [6, 6.07) is 10.9. The highest BCUT2D eigenvalue weighted by Crippen LogP contribution is 2.14. The number of aliphatic hydroxyl groups excluding tert-OH is 1. The predicted octanol–water partition coefficient (Wildman–Crippen LogP) is 2.14. The van der Waals surface area contributed by atoms with Gasteiger partial charge < -0.3 is 9.67 Å². The van der Waals surface area contributed by atoms with Crippen LogP contribution in [0.25, 0.3) is 0 Å². The van der Waals surface area contributed by atoms with Gasteiger partial charge in [-0.05, 0) is 19.4 Å². The molecule has 1 aromatic carbocycles. The molecule has 130 valence electrons. The molecule has 3 rings (SSSR count). The first kappa shape index (κ1) is 17.1. The van der Waals surface area contributed by atoms with E-state index in [-0.39, 0.29) is 6.10 Å². The minimum absolute atomic E-state index is 0.321. The molecule has 1 saturated heterocycles. The Labute approximate surface area is 144 Å². The molecule has 1 N–H and O–H groups in total. The Morgan fingerprint density at radius 2 is 1.75 bits per heavy atom. The Morgan fingerprint density at radius 3 is 2.42 bits per heavy atom. The number of rotatable bonds is 5. The highest BCUT2D eigenvalue weighted by molar-refractivity contribution is 5.14. The van der Waals surface area contributed by atoms with Crippen molar-refractivity contribution in [2.45, 2.75) is 39.1 Å². The fourth-order valence-electron chi connectivity index (χ4n) is 3.38. The highest BCUT2D eigenvalue weighted by atomic mass is 16.3. The van der Waals surface area contributed by atoms with Crippen LogP contribution in [0.3, 0.4) is 0 Å². The summed E-state index contributed by atoms with van der Waals surface area (Å²) in [6.07, 6.45) is 3.58. The van der Waals surface area contributed by atoms with Gasteiger partial charge in [0.2, 0.25) is 0 Å². The van der Waals surface area contributed by atoms with E-state index < -0.39 is 0 Å². The molecule has 0 radical (unpaired) electrons. The van der Waals surface area contributed by atoms with Crippen LogP contribution in [0.5, 0.6) is 0 Å². The smallest absolute Gasteiger partial charge is 0.123 e. The third kappa shape index (κ3) is 4.44. The van der Waals surface area contributed by atoms with Crippen molar-refractivity contribution in [3.63, 3.8) is 0 Å². The molecule has 2 heterocycles. The van der Waals surface area contributed by atoms with Crippen LogP contribution in [0.1, 0.15) is 31.3 Å². The van der Waals surface area contributed by atoms with E-state index in [1.54, 1.807) is 0 Å². The fourth-order valence-corrected chi connectivity index (χ4v) is 3.38. The summed E-state index contributed by atoms with van der Waals surface area (Å²) in [5.41, 5.74) is 1.30. The van der Waals surface area contributed by atoms with Gasteiger partial charge in [-0.3, -0.25) is 9.80 Å². The van der Waals surface area contributed by atoms with Crippen LogP contribution in [-0.4, -0.2) is 56.7 Å². The van der Waals surface area contributed by atoms with Gasteiger partial charge in [0, 0.05) is 51.2 Å². The van der Waals surface area contributed by atoms with Crippen LogP contribution >= 0.6 is 0 Å². The second-order valence-corrected chi connectivity index (χ2v) is 6.95. The van der Waals surface area contributed by atoms with Crippen LogP contribution < -0.4 is 0 Å². The van der Waals surface area contributed by atoms with Gasteiger partial charge in [0.05, 0.1) is 12.6 Å². The molecule has 1 aliphatic heterocycles. The molecular formula is C19H28N4O.